The maximum atomic E-state index is 10.0. The van der Waals surface area contributed by atoms with Gasteiger partial charge in [-0.25, -0.2) is 11.6 Å². The van der Waals surface area contributed by atoms with E-state index in [2.05, 4.69) is 10.2 Å². The molecule has 0 atom stereocenters. The first kappa shape index (κ1) is 14.1. The van der Waals surface area contributed by atoms with Gasteiger partial charge in [-0.05, 0) is 12.6 Å². The summed E-state index contributed by atoms with van der Waals surface area (Å²) in [4.78, 5) is 10.0. The molecule has 1 aromatic rings. The first-order valence-corrected chi connectivity index (χ1v) is 3.00. The Morgan fingerprint density at radius 3 is 2.50 bits per heavy atom. The van der Waals surface area contributed by atoms with Crippen LogP contribution in [0.25, 0.3) is 0 Å². The van der Waals surface area contributed by atoms with Crippen LogP contribution in [0.15, 0.2) is 6.07 Å². The molecule has 1 N–H and O–H groups in total. The van der Waals surface area contributed by atoms with Crippen molar-refractivity contribution in [2.24, 2.45) is 0 Å². The summed E-state index contributed by atoms with van der Waals surface area (Å²) >= 11 is 5.56. The van der Waals surface area contributed by atoms with Crippen molar-refractivity contribution in [3.63, 3.8) is 0 Å². The van der Waals surface area contributed by atoms with Crippen LogP contribution in [-0.2, 0) is 4.79 Å². The molecule has 0 aliphatic carbocycles. The minimum Gasteiger partial charge on any atom is -0.870 e. The van der Waals surface area contributed by atoms with E-state index in [0.717, 1.165) is 0 Å². The van der Waals surface area contributed by atoms with Crippen molar-refractivity contribution in [2.75, 3.05) is 0 Å². The van der Waals surface area contributed by atoms with Gasteiger partial charge in [0.05, 0.1) is 0 Å². The first-order chi connectivity index (χ1) is 4.74. The van der Waals surface area contributed by atoms with Crippen LogP contribution in [0.1, 0.15) is 11.4 Å². The Morgan fingerprint density at radius 1 is 1.50 bits per heavy atom. The topological polar surface area (TPSA) is 72.8 Å². The zero-order valence-electron chi connectivity index (χ0n) is 6.71. The summed E-state index contributed by atoms with van der Waals surface area (Å²) in [5.41, 5.74) is 0.747. The third-order valence-electron chi connectivity index (χ3n) is 0.966. The Bertz CT molecular complexity index is 270. The molecule has 0 aliphatic rings. The molecular weight excluding hydrogens is 174 g/mol. The fourth-order valence-electron chi connectivity index (χ4n) is 0.526. The van der Waals surface area contributed by atoms with Gasteiger partial charge in [0.1, 0.15) is 0 Å². The Hall–Kier alpha value is -0.403. The van der Waals surface area contributed by atoms with Crippen molar-refractivity contribution in [3.05, 3.63) is 22.5 Å². The summed E-state index contributed by atoms with van der Waals surface area (Å²) in [6, 6.07) is 1.56. The van der Waals surface area contributed by atoms with Crippen LogP contribution < -0.4 is 18.9 Å². The molecule has 6 heteroatoms. The van der Waals surface area contributed by atoms with Crippen molar-refractivity contribution in [1.82, 2.24) is 10.2 Å². The van der Waals surface area contributed by atoms with E-state index >= 15 is 0 Å². The van der Waals surface area contributed by atoms with Crippen molar-refractivity contribution < 1.29 is 29.1 Å². The Kier molecular flexibility index (Phi) is 7.25. The Labute approximate surface area is 86.8 Å². The standard InChI is InChI=1S/C6H4ClN2O.Li.H2O/c1-4-2-5(7)6(3-10)9-8-4;;/h2H,1H3;;1H2/q-1;+1;/p-1. The van der Waals surface area contributed by atoms with E-state index in [0.29, 0.717) is 10.7 Å². The number of carbonyl (C=O) groups excluding carboxylic acids is 1. The van der Waals surface area contributed by atoms with Crippen LogP contribution in [0.5, 0.6) is 0 Å². The van der Waals surface area contributed by atoms with Gasteiger partial charge >= 0.3 is 18.9 Å². The predicted octanol–water partition coefficient (Wildman–Crippen LogP) is -2.28. The molecule has 1 rings (SSSR count). The zero-order chi connectivity index (χ0) is 7.56. The van der Waals surface area contributed by atoms with Crippen LogP contribution in [0.2, 0.25) is 5.02 Å². The van der Waals surface area contributed by atoms with E-state index in [9.17, 15) is 4.79 Å². The molecular formula is C6H5ClLiN2O2-. The number of hydrogen-bond donors (Lipinski definition) is 0. The van der Waals surface area contributed by atoms with Gasteiger partial charge in [0.15, 0.2) is 0 Å². The molecule has 0 amide bonds. The first-order valence-electron chi connectivity index (χ1n) is 2.62. The summed E-state index contributed by atoms with van der Waals surface area (Å²) in [7, 11) is 0. The predicted molar refractivity (Wildman–Crippen MR) is 38.5 cm³/mol. The monoisotopic (exact) mass is 179 g/mol. The van der Waals surface area contributed by atoms with Gasteiger partial charge in [0.2, 0.25) is 0 Å². The van der Waals surface area contributed by atoms with E-state index in [-0.39, 0.29) is 30.0 Å². The zero-order valence-corrected chi connectivity index (χ0v) is 7.46. The fourth-order valence-corrected chi connectivity index (χ4v) is 0.761. The minimum absolute atomic E-state index is 0. The van der Waals surface area contributed by atoms with Crippen LogP contribution >= 0.6 is 11.6 Å². The maximum Gasteiger partial charge on any atom is 1.00 e. The molecule has 0 spiro atoms. The van der Waals surface area contributed by atoms with E-state index in [4.69, 9.17) is 11.6 Å². The van der Waals surface area contributed by atoms with Gasteiger partial charge in [-0.2, -0.15) is 10.2 Å². The quantitative estimate of drug-likeness (QED) is 0.360. The molecule has 0 saturated carbocycles. The summed E-state index contributed by atoms with van der Waals surface area (Å²) in [5.74, 6) is 0. The van der Waals surface area contributed by atoms with E-state index in [1.54, 1.807) is 19.3 Å². The van der Waals surface area contributed by atoms with E-state index < -0.39 is 0 Å². The maximum absolute atomic E-state index is 10.0. The fraction of sp³-hybridized carbons (Fsp3) is 0.167. The average molecular weight is 180 g/mol. The largest absolute Gasteiger partial charge is 1.00 e. The Morgan fingerprint density at radius 2 is 2.08 bits per heavy atom. The summed E-state index contributed by atoms with van der Waals surface area (Å²) < 4.78 is 0. The second kappa shape index (κ2) is 6.15. The number of hydrogen-bond acceptors (Lipinski definition) is 4. The molecule has 0 fully saturated rings. The third-order valence-corrected chi connectivity index (χ3v) is 1.25. The second-order valence-corrected chi connectivity index (χ2v) is 2.19. The molecule has 0 radical (unpaired) electrons. The van der Waals surface area contributed by atoms with Crippen molar-refractivity contribution in [3.8, 4) is 0 Å². The average Bonchev–Trinajstić information content (AvgIpc) is 1.88. The molecule has 4 nitrogen and oxygen atoms in total. The van der Waals surface area contributed by atoms with Crippen LogP contribution in [0.3, 0.4) is 0 Å². The smallest absolute Gasteiger partial charge is 0.870 e. The molecule has 0 bridgehead atoms. The molecule has 0 aromatic carbocycles. The van der Waals surface area contributed by atoms with E-state index in [1.807, 2.05) is 0 Å². The molecule has 1 aromatic heterocycles. The van der Waals surface area contributed by atoms with E-state index in [1.165, 1.54) is 0 Å². The van der Waals surface area contributed by atoms with Crippen LogP contribution in [0, 0.1) is 6.92 Å². The van der Waals surface area contributed by atoms with Crippen molar-refractivity contribution in [1.29, 1.82) is 0 Å². The number of aryl methyl sites for hydroxylation is 1. The van der Waals surface area contributed by atoms with Gasteiger partial charge in [0.25, 0.3) is 0 Å². The normalized spacial score (nSPS) is 7.83. The third kappa shape index (κ3) is 3.33. The minimum atomic E-state index is 0. The van der Waals surface area contributed by atoms with Gasteiger partial charge in [-0.3, -0.25) is 0 Å². The molecule has 0 aliphatic heterocycles. The number of rotatable bonds is 1. The molecule has 60 valence electrons. The summed E-state index contributed by atoms with van der Waals surface area (Å²) in [6.45, 7) is 1.74. The van der Waals surface area contributed by atoms with Crippen molar-refractivity contribution in [2.45, 2.75) is 6.92 Å². The molecule has 1 heterocycles. The second-order valence-electron chi connectivity index (χ2n) is 1.78. The summed E-state index contributed by atoms with van der Waals surface area (Å²) in [6.07, 6.45) is 1.57. The Balaban J connectivity index is 0. The number of aromatic nitrogens is 2. The SMILES string of the molecule is Cc1cc(Cl)c([C-]=O)nn1.[Li+].[OH-]. The molecule has 12 heavy (non-hydrogen) atoms. The van der Waals surface area contributed by atoms with Gasteiger partial charge in [-0.1, -0.05) is 5.02 Å². The molecule has 0 unspecified atom stereocenters. The van der Waals surface area contributed by atoms with Crippen LogP contribution in [0.4, 0.5) is 0 Å². The number of nitrogens with zero attached hydrogens (tertiary/aromatic N) is 2. The van der Waals surface area contributed by atoms with Gasteiger partial charge in [-0.15, -0.1) is 6.07 Å². The summed E-state index contributed by atoms with van der Waals surface area (Å²) in [5, 5.41) is 7.40. The molecule has 0 saturated heterocycles. The van der Waals surface area contributed by atoms with Crippen LogP contribution in [-0.4, -0.2) is 22.0 Å². The van der Waals surface area contributed by atoms with Gasteiger partial charge < -0.3 is 10.3 Å². The van der Waals surface area contributed by atoms with Gasteiger partial charge in [0, 0.05) is 12.0 Å². The number of halogens is 1. The van der Waals surface area contributed by atoms with Crippen molar-refractivity contribution >= 4 is 17.9 Å².